The molecule has 0 spiro atoms. The predicted octanol–water partition coefficient (Wildman–Crippen LogP) is 3.11. The predicted molar refractivity (Wildman–Crippen MR) is 106 cm³/mol. The molecule has 1 N–H and O–H groups in total. The fraction of sp³-hybridized carbons (Fsp3) is 0.316. The number of benzene rings is 1. The summed E-state index contributed by atoms with van der Waals surface area (Å²) in [5.74, 6) is -2.99. The molecule has 0 amide bonds. The molecular formula is C19H16ClF2N3O4S. The van der Waals surface area contributed by atoms with Gasteiger partial charge in [0, 0.05) is 24.7 Å². The number of anilines is 1. The van der Waals surface area contributed by atoms with Crippen molar-refractivity contribution in [2.24, 2.45) is 0 Å². The summed E-state index contributed by atoms with van der Waals surface area (Å²) < 4.78 is 52.8. The van der Waals surface area contributed by atoms with Gasteiger partial charge in [-0.3, -0.25) is 0 Å². The Labute approximate surface area is 175 Å². The summed E-state index contributed by atoms with van der Waals surface area (Å²) in [6.07, 6.45) is 2.11. The number of rotatable bonds is 3. The van der Waals surface area contributed by atoms with Gasteiger partial charge in [-0.05, 0) is 25.0 Å². The van der Waals surface area contributed by atoms with Crippen molar-refractivity contribution in [3.05, 3.63) is 51.7 Å². The number of aromatic nitrogens is 2. The summed E-state index contributed by atoms with van der Waals surface area (Å²) in [4.78, 5) is 21.3. The van der Waals surface area contributed by atoms with E-state index in [1.807, 2.05) is 4.90 Å². The summed E-state index contributed by atoms with van der Waals surface area (Å²) in [7, 11) is -3.42. The van der Waals surface area contributed by atoms with E-state index in [1.54, 1.807) is 0 Å². The van der Waals surface area contributed by atoms with Crippen LogP contribution in [-0.2, 0) is 26.1 Å². The molecule has 2 aliphatic rings. The zero-order chi connectivity index (χ0) is 21.6. The highest BCUT2D eigenvalue weighted by Crippen LogP contribution is 2.36. The van der Waals surface area contributed by atoms with Crippen molar-refractivity contribution in [2.45, 2.75) is 24.3 Å². The molecule has 3 heterocycles. The summed E-state index contributed by atoms with van der Waals surface area (Å²) >= 11 is 5.62. The number of carboxylic acid groups (broad SMARTS) is 1. The van der Waals surface area contributed by atoms with E-state index in [0.717, 1.165) is 17.7 Å². The number of carboxylic acids is 1. The number of sulfone groups is 1. The molecule has 158 valence electrons. The molecule has 0 radical (unpaired) electrons. The van der Waals surface area contributed by atoms with E-state index >= 15 is 0 Å². The Morgan fingerprint density at radius 2 is 1.83 bits per heavy atom. The van der Waals surface area contributed by atoms with Crippen molar-refractivity contribution >= 4 is 33.2 Å². The van der Waals surface area contributed by atoms with E-state index in [9.17, 15) is 22.0 Å². The Balaban J connectivity index is 1.78. The van der Waals surface area contributed by atoms with E-state index in [4.69, 9.17) is 16.7 Å². The molecule has 0 bridgehead atoms. The molecule has 7 nitrogen and oxygen atoms in total. The van der Waals surface area contributed by atoms with Gasteiger partial charge in [0.1, 0.15) is 17.5 Å². The number of halogens is 3. The first-order chi connectivity index (χ1) is 14.1. The zero-order valence-corrected chi connectivity index (χ0v) is 17.1. The quantitative estimate of drug-likeness (QED) is 0.560. The lowest BCUT2D eigenvalue weighted by molar-refractivity contribution is -0.131. The first kappa shape index (κ1) is 20.7. The van der Waals surface area contributed by atoms with Gasteiger partial charge in [-0.15, -0.1) is 0 Å². The van der Waals surface area contributed by atoms with Gasteiger partial charge in [0.2, 0.25) is 0 Å². The lowest BCUT2D eigenvalue weighted by Gasteiger charge is -2.30. The minimum absolute atomic E-state index is 0.124. The summed E-state index contributed by atoms with van der Waals surface area (Å²) in [6, 6.07) is 1.71. The minimum Gasteiger partial charge on any atom is -0.478 e. The largest absolute Gasteiger partial charge is 0.478 e. The second kappa shape index (κ2) is 7.59. The number of fused-ring (bicyclic) bond motifs is 1. The van der Waals surface area contributed by atoms with E-state index in [-0.39, 0.29) is 33.6 Å². The summed E-state index contributed by atoms with van der Waals surface area (Å²) in [6.45, 7) is 0.832. The van der Waals surface area contributed by atoms with Gasteiger partial charge in [-0.25, -0.2) is 32.0 Å². The molecule has 0 aliphatic carbocycles. The van der Waals surface area contributed by atoms with Gasteiger partial charge in [-0.2, -0.15) is 0 Å². The monoisotopic (exact) mass is 455 g/mol. The molecule has 4 rings (SSSR count). The number of hydrogen-bond acceptors (Lipinski definition) is 6. The molecular weight excluding hydrogens is 440 g/mol. The molecule has 1 aromatic heterocycles. The van der Waals surface area contributed by atoms with Gasteiger partial charge in [-0.1, -0.05) is 17.2 Å². The molecule has 11 heteroatoms. The minimum atomic E-state index is -3.42. The van der Waals surface area contributed by atoms with Gasteiger partial charge in [0.05, 0.1) is 27.8 Å². The zero-order valence-electron chi connectivity index (χ0n) is 15.5. The number of carbonyl (C=O) groups is 1. The Bertz CT molecular complexity index is 1190. The van der Waals surface area contributed by atoms with Crippen LogP contribution in [0.5, 0.6) is 0 Å². The summed E-state index contributed by atoms with van der Waals surface area (Å²) in [5.41, 5.74) is 1.26. The average Bonchev–Trinajstić information content (AvgIpc) is 2.98. The van der Waals surface area contributed by atoms with Crippen LogP contribution in [0.25, 0.3) is 11.4 Å². The summed E-state index contributed by atoms with van der Waals surface area (Å²) in [5, 5.41) is 8.53. The smallest absolute Gasteiger partial charge is 0.328 e. The van der Waals surface area contributed by atoms with Crippen molar-refractivity contribution in [1.29, 1.82) is 0 Å². The Hall–Kier alpha value is -2.59. The third-order valence-corrected chi connectivity index (χ3v) is 6.81. The molecule has 1 aromatic carbocycles. The highest BCUT2D eigenvalue weighted by molar-refractivity contribution is 7.90. The first-order valence-corrected chi connectivity index (χ1v) is 11.3. The van der Waals surface area contributed by atoms with Gasteiger partial charge in [0.25, 0.3) is 0 Å². The molecule has 2 aromatic rings. The lowest BCUT2D eigenvalue weighted by Crippen LogP contribution is -2.32. The van der Waals surface area contributed by atoms with Crippen molar-refractivity contribution in [1.82, 2.24) is 9.97 Å². The molecule has 0 unspecified atom stereocenters. The SMILES string of the molecule is O=C(O)C=C1CCN(c2nc(-c3cc(F)c(Cl)cc3F)nc3c2CS(=O)(=O)C3)CC1. The van der Waals surface area contributed by atoms with Gasteiger partial charge < -0.3 is 10.0 Å². The van der Waals surface area contributed by atoms with E-state index < -0.39 is 27.4 Å². The van der Waals surface area contributed by atoms with Crippen LogP contribution in [-0.4, -0.2) is 42.6 Å². The normalized spacial score (nSPS) is 17.7. The highest BCUT2D eigenvalue weighted by atomic mass is 35.5. The van der Waals surface area contributed by atoms with Crippen molar-refractivity contribution < 1.29 is 27.1 Å². The van der Waals surface area contributed by atoms with Crippen LogP contribution in [0.2, 0.25) is 5.02 Å². The number of aliphatic carboxylic acids is 1. The topological polar surface area (TPSA) is 100 Å². The second-order valence-electron chi connectivity index (χ2n) is 7.20. The van der Waals surface area contributed by atoms with Crippen molar-refractivity contribution in [2.75, 3.05) is 18.0 Å². The van der Waals surface area contributed by atoms with Crippen LogP contribution in [0, 0.1) is 11.6 Å². The molecule has 0 atom stereocenters. The molecule has 1 saturated heterocycles. The Morgan fingerprint density at radius 3 is 2.50 bits per heavy atom. The lowest BCUT2D eigenvalue weighted by atomic mass is 10.0. The van der Waals surface area contributed by atoms with E-state index in [1.165, 1.54) is 6.08 Å². The fourth-order valence-electron chi connectivity index (χ4n) is 3.66. The second-order valence-corrected chi connectivity index (χ2v) is 9.67. The van der Waals surface area contributed by atoms with Crippen LogP contribution in [0.3, 0.4) is 0 Å². The van der Waals surface area contributed by atoms with Crippen LogP contribution >= 0.6 is 11.6 Å². The molecule has 30 heavy (non-hydrogen) atoms. The first-order valence-electron chi connectivity index (χ1n) is 9.05. The number of nitrogens with zero attached hydrogens (tertiary/aromatic N) is 3. The van der Waals surface area contributed by atoms with Crippen LogP contribution in [0.4, 0.5) is 14.6 Å². The van der Waals surface area contributed by atoms with Crippen LogP contribution in [0.1, 0.15) is 24.1 Å². The third kappa shape index (κ3) is 4.01. The molecule has 0 saturated carbocycles. The Kier molecular flexibility index (Phi) is 5.23. The third-order valence-electron chi connectivity index (χ3n) is 5.08. The van der Waals surface area contributed by atoms with Crippen LogP contribution in [0.15, 0.2) is 23.8 Å². The molecule has 2 aliphatic heterocycles. The van der Waals surface area contributed by atoms with Crippen LogP contribution < -0.4 is 4.90 Å². The van der Waals surface area contributed by atoms with E-state index in [0.29, 0.717) is 37.3 Å². The maximum absolute atomic E-state index is 14.4. The standard InChI is InChI=1S/C19H16ClF2N3O4S/c20-13-7-14(21)11(6-15(13)22)18-23-16-9-30(28,29)8-12(16)19(24-18)25-3-1-10(2-4-25)5-17(26)27/h5-7H,1-4,8-9H2,(H,26,27). The van der Waals surface area contributed by atoms with Gasteiger partial charge in [0.15, 0.2) is 15.7 Å². The van der Waals surface area contributed by atoms with Gasteiger partial charge >= 0.3 is 5.97 Å². The fourth-order valence-corrected chi connectivity index (χ4v) is 5.31. The highest BCUT2D eigenvalue weighted by Gasteiger charge is 2.33. The molecule has 1 fully saturated rings. The Morgan fingerprint density at radius 1 is 1.13 bits per heavy atom. The van der Waals surface area contributed by atoms with Crippen molar-refractivity contribution in [3.8, 4) is 11.4 Å². The van der Waals surface area contributed by atoms with E-state index in [2.05, 4.69) is 9.97 Å². The van der Waals surface area contributed by atoms with Crippen molar-refractivity contribution in [3.63, 3.8) is 0 Å². The number of piperidine rings is 1. The average molecular weight is 456 g/mol. The number of hydrogen-bond donors (Lipinski definition) is 1. The maximum atomic E-state index is 14.4. The maximum Gasteiger partial charge on any atom is 0.328 e.